The molecule has 0 radical (unpaired) electrons. The van der Waals surface area contributed by atoms with E-state index < -0.39 is 5.41 Å². The van der Waals surface area contributed by atoms with Crippen LogP contribution in [0.1, 0.15) is 32.3 Å². The molecule has 0 bridgehead atoms. The molecular weight excluding hydrogens is 271 g/mol. The number of hydrogen-bond acceptors (Lipinski definition) is 2. The first-order valence-electron chi connectivity index (χ1n) is 7.17. The highest BCUT2D eigenvalue weighted by molar-refractivity contribution is 5.87. The molecule has 2 amide bonds. The van der Waals surface area contributed by atoms with E-state index in [4.69, 9.17) is 5.73 Å². The van der Waals surface area contributed by atoms with Gasteiger partial charge in [0, 0.05) is 19.0 Å². The Labute approximate surface area is 124 Å². The van der Waals surface area contributed by atoms with E-state index in [2.05, 4.69) is 0 Å². The van der Waals surface area contributed by atoms with Crippen LogP contribution in [0.15, 0.2) is 24.3 Å². The number of benzene rings is 1. The first-order chi connectivity index (χ1) is 9.82. The standard InChI is InChI=1S/C16H21FN2O2/c1-16(2,12-4-3-5-13(17)10-12)15(21)19-8-6-11(7-9-19)14(18)20/h3-5,10-11H,6-9H2,1-2H3,(H2,18,20). The van der Waals surface area contributed by atoms with Gasteiger partial charge in [-0.25, -0.2) is 4.39 Å². The van der Waals surface area contributed by atoms with Gasteiger partial charge in [0.2, 0.25) is 11.8 Å². The van der Waals surface area contributed by atoms with Crippen LogP contribution in [0, 0.1) is 11.7 Å². The Bertz CT molecular complexity index is 549. The SMILES string of the molecule is CC(C)(C(=O)N1CCC(C(N)=O)CC1)c1cccc(F)c1. The van der Waals surface area contributed by atoms with Gasteiger partial charge in [0.05, 0.1) is 5.41 Å². The number of rotatable bonds is 3. The van der Waals surface area contributed by atoms with Crippen molar-refractivity contribution < 1.29 is 14.0 Å². The molecule has 4 nitrogen and oxygen atoms in total. The Kier molecular flexibility index (Phi) is 4.30. The molecule has 5 heteroatoms. The summed E-state index contributed by atoms with van der Waals surface area (Å²) in [5, 5.41) is 0. The fourth-order valence-corrected chi connectivity index (χ4v) is 2.76. The van der Waals surface area contributed by atoms with Crippen LogP contribution in [-0.2, 0) is 15.0 Å². The van der Waals surface area contributed by atoms with Crippen LogP contribution in [0.2, 0.25) is 0 Å². The lowest BCUT2D eigenvalue weighted by molar-refractivity contribution is -0.139. The minimum absolute atomic E-state index is 0.0454. The number of primary amides is 1. The number of carbonyl (C=O) groups excluding carboxylic acids is 2. The highest BCUT2D eigenvalue weighted by Crippen LogP contribution is 2.28. The molecule has 2 rings (SSSR count). The minimum Gasteiger partial charge on any atom is -0.369 e. The summed E-state index contributed by atoms with van der Waals surface area (Å²) < 4.78 is 13.4. The van der Waals surface area contributed by atoms with Crippen LogP contribution in [0.25, 0.3) is 0 Å². The van der Waals surface area contributed by atoms with Crippen molar-refractivity contribution in [3.05, 3.63) is 35.6 Å². The van der Waals surface area contributed by atoms with Gasteiger partial charge in [0.25, 0.3) is 0 Å². The molecule has 0 spiro atoms. The lowest BCUT2D eigenvalue weighted by Gasteiger charge is -2.36. The summed E-state index contributed by atoms with van der Waals surface area (Å²) in [4.78, 5) is 25.6. The van der Waals surface area contributed by atoms with Crippen LogP contribution in [0.3, 0.4) is 0 Å². The van der Waals surface area contributed by atoms with Crippen LogP contribution >= 0.6 is 0 Å². The Morgan fingerprint density at radius 1 is 1.29 bits per heavy atom. The van der Waals surface area contributed by atoms with Crippen molar-refractivity contribution in [1.82, 2.24) is 4.90 Å². The predicted octanol–water partition coefficient (Wildman–Crippen LogP) is 1.83. The van der Waals surface area contributed by atoms with Gasteiger partial charge in [0.1, 0.15) is 5.82 Å². The number of amides is 2. The summed E-state index contributed by atoms with van der Waals surface area (Å²) in [6.45, 7) is 4.63. The minimum atomic E-state index is -0.790. The third-order valence-electron chi connectivity index (χ3n) is 4.27. The maximum absolute atomic E-state index is 13.4. The predicted molar refractivity (Wildman–Crippen MR) is 77.9 cm³/mol. The van der Waals surface area contributed by atoms with Crippen molar-refractivity contribution in [1.29, 1.82) is 0 Å². The molecule has 1 aromatic rings. The smallest absolute Gasteiger partial charge is 0.232 e. The number of hydrogen-bond donors (Lipinski definition) is 1. The molecule has 21 heavy (non-hydrogen) atoms. The molecule has 1 fully saturated rings. The molecule has 114 valence electrons. The number of piperidine rings is 1. The zero-order chi connectivity index (χ0) is 15.6. The van der Waals surface area contributed by atoms with Crippen molar-refractivity contribution in [2.24, 2.45) is 11.7 Å². The van der Waals surface area contributed by atoms with Gasteiger partial charge in [-0.05, 0) is 44.4 Å². The molecule has 1 aliphatic rings. The van der Waals surface area contributed by atoms with Crippen LogP contribution < -0.4 is 5.73 Å². The van der Waals surface area contributed by atoms with E-state index in [-0.39, 0.29) is 23.5 Å². The average Bonchev–Trinajstić information content (AvgIpc) is 2.46. The van der Waals surface area contributed by atoms with Gasteiger partial charge >= 0.3 is 0 Å². The largest absolute Gasteiger partial charge is 0.369 e. The number of likely N-dealkylation sites (tertiary alicyclic amines) is 1. The number of halogens is 1. The summed E-state index contributed by atoms with van der Waals surface area (Å²) in [5.74, 6) is -0.838. The second-order valence-electron chi connectivity index (χ2n) is 6.10. The lowest BCUT2D eigenvalue weighted by atomic mass is 9.82. The fourth-order valence-electron chi connectivity index (χ4n) is 2.76. The zero-order valence-electron chi connectivity index (χ0n) is 12.4. The normalized spacial score (nSPS) is 16.8. The van der Waals surface area contributed by atoms with E-state index in [0.717, 1.165) is 0 Å². The third kappa shape index (κ3) is 3.23. The summed E-state index contributed by atoms with van der Waals surface area (Å²) in [6.07, 6.45) is 1.20. The zero-order valence-corrected chi connectivity index (χ0v) is 12.4. The molecule has 0 aromatic heterocycles. The quantitative estimate of drug-likeness (QED) is 0.923. The molecule has 0 aliphatic carbocycles. The number of carbonyl (C=O) groups is 2. The lowest BCUT2D eigenvalue weighted by Crippen LogP contribution is -2.48. The first kappa shape index (κ1) is 15.5. The maximum atomic E-state index is 13.4. The van der Waals surface area contributed by atoms with E-state index in [1.54, 1.807) is 30.9 Å². The Morgan fingerprint density at radius 3 is 2.43 bits per heavy atom. The van der Waals surface area contributed by atoms with Crippen molar-refractivity contribution in [2.75, 3.05) is 13.1 Å². The van der Waals surface area contributed by atoms with Crippen LogP contribution in [0.4, 0.5) is 4.39 Å². The van der Waals surface area contributed by atoms with Gasteiger partial charge in [-0.1, -0.05) is 12.1 Å². The van der Waals surface area contributed by atoms with Crippen LogP contribution in [0.5, 0.6) is 0 Å². The van der Waals surface area contributed by atoms with Crippen molar-refractivity contribution in [2.45, 2.75) is 32.1 Å². The highest BCUT2D eigenvalue weighted by Gasteiger charge is 2.36. The molecule has 1 aromatic carbocycles. The van der Waals surface area contributed by atoms with Crippen molar-refractivity contribution in [3.8, 4) is 0 Å². The van der Waals surface area contributed by atoms with E-state index in [9.17, 15) is 14.0 Å². The Morgan fingerprint density at radius 2 is 1.90 bits per heavy atom. The topological polar surface area (TPSA) is 63.4 Å². The summed E-state index contributed by atoms with van der Waals surface area (Å²) >= 11 is 0. The van der Waals surface area contributed by atoms with E-state index in [1.807, 2.05) is 0 Å². The van der Waals surface area contributed by atoms with Crippen LogP contribution in [-0.4, -0.2) is 29.8 Å². The van der Waals surface area contributed by atoms with Gasteiger partial charge in [-0.15, -0.1) is 0 Å². The third-order valence-corrected chi connectivity index (χ3v) is 4.27. The summed E-state index contributed by atoms with van der Waals surface area (Å²) in [5.41, 5.74) is 5.17. The van der Waals surface area contributed by atoms with Gasteiger partial charge in [-0.2, -0.15) is 0 Å². The highest BCUT2D eigenvalue weighted by atomic mass is 19.1. The number of nitrogens with zero attached hydrogens (tertiary/aromatic N) is 1. The molecule has 1 aliphatic heterocycles. The second-order valence-corrected chi connectivity index (χ2v) is 6.10. The molecule has 0 atom stereocenters. The van der Waals surface area contributed by atoms with Gasteiger partial charge < -0.3 is 10.6 Å². The average molecular weight is 292 g/mol. The molecule has 1 heterocycles. The fraction of sp³-hybridized carbons (Fsp3) is 0.500. The van der Waals surface area contributed by atoms with Gasteiger partial charge in [-0.3, -0.25) is 9.59 Å². The molecular formula is C16H21FN2O2. The monoisotopic (exact) mass is 292 g/mol. The second kappa shape index (κ2) is 5.84. The molecule has 1 saturated heterocycles. The molecule has 2 N–H and O–H groups in total. The number of nitrogens with two attached hydrogens (primary N) is 1. The molecule has 0 unspecified atom stereocenters. The van der Waals surface area contributed by atoms with E-state index >= 15 is 0 Å². The summed E-state index contributed by atoms with van der Waals surface area (Å²) in [6, 6.07) is 6.13. The first-order valence-corrected chi connectivity index (χ1v) is 7.17. The summed E-state index contributed by atoms with van der Waals surface area (Å²) in [7, 11) is 0. The Balaban J connectivity index is 2.11. The maximum Gasteiger partial charge on any atom is 0.232 e. The van der Waals surface area contributed by atoms with Gasteiger partial charge in [0.15, 0.2) is 0 Å². The Hall–Kier alpha value is -1.91. The van der Waals surface area contributed by atoms with E-state index in [0.29, 0.717) is 31.5 Å². The molecule has 0 saturated carbocycles. The van der Waals surface area contributed by atoms with Crippen molar-refractivity contribution >= 4 is 11.8 Å². The van der Waals surface area contributed by atoms with Crippen molar-refractivity contribution in [3.63, 3.8) is 0 Å². The van der Waals surface area contributed by atoms with E-state index in [1.165, 1.54) is 12.1 Å².